The second-order valence-electron chi connectivity index (χ2n) is 4.92. The quantitative estimate of drug-likeness (QED) is 0.728. The summed E-state index contributed by atoms with van der Waals surface area (Å²) in [6.45, 7) is 3.08. The molecule has 0 aromatic heterocycles. The van der Waals surface area contributed by atoms with E-state index >= 15 is 0 Å². The lowest BCUT2D eigenvalue weighted by molar-refractivity contribution is 0.149. The number of benzene rings is 1. The third-order valence-corrected chi connectivity index (χ3v) is 3.16. The van der Waals surface area contributed by atoms with Crippen molar-refractivity contribution in [2.45, 2.75) is 26.2 Å². The van der Waals surface area contributed by atoms with Gasteiger partial charge in [0.25, 0.3) is 0 Å². The Labute approximate surface area is 124 Å². The zero-order chi connectivity index (χ0) is 15.1. The molecule has 0 atom stereocenters. The smallest absolute Gasteiger partial charge is 0.411 e. The van der Waals surface area contributed by atoms with Gasteiger partial charge in [-0.3, -0.25) is 10.3 Å². The Bertz CT molecular complexity index is 529. The van der Waals surface area contributed by atoms with Crippen molar-refractivity contribution in [2.24, 2.45) is 4.99 Å². The molecule has 0 saturated heterocycles. The summed E-state index contributed by atoms with van der Waals surface area (Å²) in [5, 5.41) is 14.6. The van der Waals surface area contributed by atoms with Crippen molar-refractivity contribution in [3.8, 4) is 0 Å². The molecule has 0 bridgehead atoms. The van der Waals surface area contributed by atoms with Crippen LogP contribution in [0.3, 0.4) is 0 Å². The van der Waals surface area contributed by atoms with E-state index in [1.165, 1.54) is 0 Å². The molecule has 114 valence electrons. The molecule has 1 amide bonds. The molecule has 1 aromatic rings. The molecule has 6 nitrogen and oxygen atoms in total. The van der Waals surface area contributed by atoms with E-state index in [1.807, 2.05) is 25.1 Å². The van der Waals surface area contributed by atoms with Gasteiger partial charge in [0, 0.05) is 37.4 Å². The van der Waals surface area contributed by atoms with Crippen LogP contribution >= 0.6 is 0 Å². The van der Waals surface area contributed by atoms with E-state index in [0.29, 0.717) is 12.1 Å². The van der Waals surface area contributed by atoms with Crippen LogP contribution in [0.15, 0.2) is 23.2 Å². The standard InChI is InChI=1S/C15H21N3O3/c1-11-10-12(17-15(20)21-9-3-8-19)5-6-13(11)18-14-4-2-7-16-14/h5-6,10,19H,2-4,7-9H2,1H3,(H,16,18)(H,17,20). The van der Waals surface area contributed by atoms with Crippen LogP contribution in [0.1, 0.15) is 24.8 Å². The lowest BCUT2D eigenvalue weighted by Crippen LogP contribution is -2.15. The third kappa shape index (κ3) is 4.75. The van der Waals surface area contributed by atoms with Crippen LogP contribution in [-0.2, 0) is 4.74 Å². The highest BCUT2D eigenvalue weighted by molar-refractivity contribution is 5.97. The number of nitrogens with one attached hydrogen (secondary N) is 2. The number of carbonyl (C=O) groups is 1. The third-order valence-electron chi connectivity index (χ3n) is 3.16. The van der Waals surface area contributed by atoms with Gasteiger partial charge in [-0.2, -0.15) is 0 Å². The topological polar surface area (TPSA) is 83.0 Å². The second kappa shape index (κ2) is 7.64. The van der Waals surface area contributed by atoms with Gasteiger partial charge in [-0.05, 0) is 37.1 Å². The normalized spacial score (nSPS) is 13.7. The van der Waals surface area contributed by atoms with Crippen LogP contribution in [0.5, 0.6) is 0 Å². The number of nitrogens with zero attached hydrogens (tertiary/aromatic N) is 1. The zero-order valence-corrected chi connectivity index (χ0v) is 12.2. The second-order valence-corrected chi connectivity index (χ2v) is 4.92. The number of ether oxygens (including phenoxy) is 1. The Kier molecular flexibility index (Phi) is 5.57. The summed E-state index contributed by atoms with van der Waals surface area (Å²) in [4.78, 5) is 15.9. The van der Waals surface area contributed by atoms with Gasteiger partial charge in [-0.25, -0.2) is 4.79 Å². The minimum atomic E-state index is -0.510. The number of rotatable bonds is 5. The Morgan fingerprint density at radius 2 is 2.33 bits per heavy atom. The molecule has 1 aliphatic heterocycles. The van der Waals surface area contributed by atoms with Crippen molar-refractivity contribution < 1.29 is 14.6 Å². The van der Waals surface area contributed by atoms with Crippen LogP contribution in [-0.4, -0.2) is 36.8 Å². The molecule has 0 fully saturated rings. The fourth-order valence-corrected chi connectivity index (χ4v) is 2.06. The van der Waals surface area contributed by atoms with Crippen molar-refractivity contribution in [3.63, 3.8) is 0 Å². The number of aliphatic imine (C=N–C) groups is 1. The van der Waals surface area contributed by atoms with E-state index in [9.17, 15) is 4.79 Å². The number of aliphatic hydroxyl groups excluding tert-OH is 1. The predicted octanol–water partition coefficient (Wildman–Crippen LogP) is 2.53. The van der Waals surface area contributed by atoms with Crippen LogP contribution < -0.4 is 10.6 Å². The molecule has 1 aliphatic rings. The summed E-state index contributed by atoms with van der Waals surface area (Å²) in [7, 11) is 0. The van der Waals surface area contributed by atoms with E-state index in [1.54, 1.807) is 0 Å². The molecule has 1 aromatic carbocycles. The van der Waals surface area contributed by atoms with Gasteiger partial charge in [0.05, 0.1) is 6.61 Å². The first-order valence-corrected chi connectivity index (χ1v) is 7.14. The number of aliphatic hydroxyl groups is 1. The van der Waals surface area contributed by atoms with Gasteiger partial charge >= 0.3 is 6.09 Å². The fourth-order valence-electron chi connectivity index (χ4n) is 2.06. The molecule has 0 spiro atoms. The Morgan fingerprint density at radius 1 is 1.48 bits per heavy atom. The molecule has 21 heavy (non-hydrogen) atoms. The molecule has 3 N–H and O–H groups in total. The van der Waals surface area contributed by atoms with E-state index in [4.69, 9.17) is 9.84 Å². The van der Waals surface area contributed by atoms with Crippen molar-refractivity contribution in [1.29, 1.82) is 0 Å². The highest BCUT2D eigenvalue weighted by Gasteiger charge is 2.09. The maximum absolute atomic E-state index is 11.5. The number of hydrogen-bond acceptors (Lipinski definition) is 5. The minimum absolute atomic E-state index is 0.0106. The summed E-state index contributed by atoms with van der Waals surface area (Å²) in [5.74, 6) is 1.02. The van der Waals surface area contributed by atoms with Crippen LogP contribution in [0.2, 0.25) is 0 Å². The van der Waals surface area contributed by atoms with E-state index < -0.39 is 6.09 Å². The summed E-state index contributed by atoms with van der Waals surface area (Å²) < 4.78 is 4.92. The largest absolute Gasteiger partial charge is 0.449 e. The van der Waals surface area contributed by atoms with Crippen LogP contribution in [0.25, 0.3) is 0 Å². The van der Waals surface area contributed by atoms with Gasteiger partial charge in [0.1, 0.15) is 5.84 Å². The summed E-state index contributed by atoms with van der Waals surface area (Å²) in [6.07, 6.45) is 2.01. The van der Waals surface area contributed by atoms with Crippen molar-refractivity contribution in [2.75, 3.05) is 30.4 Å². The average Bonchev–Trinajstić information content (AvgIpc) is 2.95. The van der Waals surface area contributed by atoms with Crippen LogP contribution in [0.4, 0.5) is 16.2 Å². The Hall–Kier alpha value is -2.08. The summed E-state index contributed by atoms with van der Waals surface area (Å²) in [5.41, 5.74) is 2.70. The first-order valence-electron chi connectivity index (χ1n) is 7.14. The Morgan fingerprint density at radius 3 is 3.00 bits per heavy atom. The molecule has 0 saturated carbocycles. The number of carbonyl (C=O) groups excluding carboxylic acids is 1. The zero-order valence-electron chi connectivity index (χ0n) is 12.2. The number of aryl methyl sites for hydroxylation is 1. The van der Waals surface area contributed by atoms with Gasteiger partial charge < -0.3 is 15.2 Å². The Balaban J connectivity index is 1.90. The summed E-state index contributed by atoms with van der Waals surface area (Å²) >= 11 is 0. The van der Waals surface area contributed by atoms with Crippen molar-refractivity contribution in [3.05, 3.63) is 23.8 Å². The number of anilines is 2. The predicted molar refractivity (Wildman–Crippen MR) is 83.0 cm³/mol. The lowest BCUT2D eigenvalue weighted by Gasteiger charge is -2.12. The van der Waals surface area contributed by atoms with E-state index in [-0.39, 0.29) is 13.2 Å². The maximum atomic E-state index is 11.5. The molecular weight excluding hydrogens is 270 g/mol. The number of amidine groups is 1. The highest BCUT2D eigenvalue weighted by atomic mass is 16.5. The van der Waals surface area contributed by atoms with Gasteiger partial charge in [-0.1, -0.05) is 0 Å². The fraction of sp³-hybridized carbons (Fsp3) is 0.467. The van der Waals surface area contributed by atoms with Gasteiger partial charge in [-0.15, -0.1) is 0 Å². The maximum Gasteiger partial charge on any atom is 0.411 e. The average molecular weight is 291 g/mol. The molecule has 0 radical (unpaired) electrons. The monoisotopic (exact) mass is 291 g/mol. The molecular formula is C15H21N3O3. The first-order chi connectivity index (χ1) is 10.2. The van der Waals surface area contributed by atoms with Gasteiger partial charge in [0.15, 0.2) is 0 Å². The van der Waals surface area contributed by atoms with E-state index in [2.05, 4.69) is 15.6 Å². The van der Waals surface area contributed by atoms with Crippen molar-refractivity contribution in [1.82, 2.24) is 0 Å². The SMILES string of the molecule is Cc1cc(NC(=O)OCCCO)ccc1NC1=NCCC1. The molecule has 1 heterocycles. The lowest BCUT2D eigenvalue weighted by atomic mass is 10.1. The van der Waals surface area contributed by atoms with Crippen LogP contribution in [0, 0.1) is 6.92 Å². The molecule has 0 aliphatic carbocycles. The number of hydrogen-bond donors (Lipinski definition) is 3. The highest BCUT2D eigenvalue weighted by Crippen LogP contribution is 2.21. The molecule has 0 unspecified atom stereocenters. The van der Waals surface area contributed by atoms with E-state index in [0.717, 1.165) is 36.5 Å². The molecule has 6 heteroatoms. The summed E-state index contributed by atoms with van der Waals surface area (Å²) in [6, 6.07) is 5.61. The number of amides is 1. The minimum Gasteiger partial charge on any atom is -0.449 e. The van der Waals surface area contributed by atoms with Crippen molar-refractivity contribution >= 4 is 23.3 Å². The first kappa shape index (κ1) is 15.3. The van der Waals surface area contributed by atoms with Gasteiger partial charge in [0.2, 0.25) is 0 Å². The molecule has 2 rings (SSSR count).